The van der Waals surface area contributed by atoms with Crippen molar-refractivity contribution in [1.29, 1.82) is 0 Å². The van der Waals surface area contributed by atoms with Crippen molar-refractivity contribution in [2.24, 2.45) is 7.05 Å². The molecule has 0 N–H and O–H groups in total. The summed E-state index contributed by atoms with van der Waals surface area (Å²) >= 11 is 0. The van der Waals surface area contributed by atoms with Gasteiger partial charge in [-0.3, -0.25) is 10.1 Å². The summed E-state index contributed by atoms with van der Waals surface area (Å²) in [6, 6.07) is 7.85. The fourth-order valence-corrected chi connectivity index (χ4v) is 1.77. The highest BCUT2D eigenvalue weighted by atomic mass is 16.6. The maximum Gasteiger partial charge on any atom is 0.243 e. The van der Waals surface area contributed by atoms with E-state index in [2.05, 4.69) is 0 Å². The van der Waals surface area contributed by atoms with Crippen LogP contribution in [0.2, 0.25) is 0 Å². The molecule has 0 aliphatic heterocycles. The summed E-state index contributed by atoms with van der Waals surface area (Å²) in [4.78, 5) is 10.2. The second-order valence-corrected chi connectivity index (χ2v) is 3.76. The van der Waals surface area contributed by atoms with Crippen molar-refractivity contribution in [3.8, 4) is 0 Å². The number of nitrogens with zero attached hydrogens (tertiary/aromatic N) is 2. The zero-order chi connectivity index (χ0) is 11.7. The minimum Gasteiger partial charge on any atom is -0.350 e. The lowest BCUT2D eigenvalue weighted by atomic mass is 10.1. The van der Waals surface area contributed by atoms with Gasteiger partial charge in [0.15, 0.2) is 0 Å². The normalized spacial score (nSPS) is 12.0. The molecule has 0 fully saturated rings. The first kappa shape index (κ1) is 10.4. The fourth-order valence-electron chi connectivity index (χ4n) is 1.77. The van der Waals surface area contributed by atoms with E-state index in [0.717, 1.165) is 16.5 Å². The summed E-state index contributed by atoms with van der Waals surface area (Å²) in [5.41, 5.74) is 2.11. The van der Waals surface area contributed by atoms with Crippen LogP contribution in [0.4, 0.5) is 0 Å². The van der Waals surface area contributed by atoms with Gasteiger partial charge in [0.25, 0.3) is 0 Å². The number of benzene rings is 1. The van der Waals surface area contributed by atoms with E-state index in [0.29, 0.717) is 0 Å². The van der Waals surface area contributed by atoms with Gasteiger partial charge in [-0.05, 0) is 6.07 Å². The van der Waals surface area contributed by atoms with E-state index >= 15 is 0 Å². The van der Waals surface area contributed by atoms with Crippen LogP contribution < -0.4 is 0 Å². The molecule has 82 valence electrons. The smallest absolute Gasteiger partial charge is 0.243 e. The van der Waals surface area contributed by atoms with Gasteiger partial charge in [-0.25, -0.2) is 0 Å². The van der Waals surface area contributed by atoms with Crippen molar-refractivity contribution in [2.75, 3.05) is 0 Å². The Kier molecular flexibility index (Phi) is 2.48. The monoisotopic (exact) mass is 216 g/mol. The van der Waals surface area contributed by atoms with Crippen LogP contribution in [0.1, 0.15) is 12.5 Å². The van der Waals surface area contributed by atoms with Crippen molar-refractivity contribution in [3.05, 3.63) is 51.8 Å². The highest BCUT2D eigenvalue weighted by Gasteiger charge is 2.07. The van der Waals surface area contributed by atoms with Crippen LogP contribution in [0.25, 0.3) is 17.0 Å². The number of aryl methyl sites for hydroxylation is 1. The summed E-state index contributed by atoms with van der Waals surface area (Å²) in [5, 5.41) is 11.6. The molecule has 2 aromatic rings. The molecule has 1 heterocycles. The second-order valence-electron chi connectivity index (χ2n) is 3.76. The number of rotatable bonds is 2. The Labute approximate surface area is 93.0 Å². The predicted molar refractivity (Wildman–Crippen MR) is 63.6 cm³/mol. The van der Waals surface area contributed by atoms with Crippen molar-refractivity contribution >= 4 is 17.0 Å². The largest absolute Gasteiger partial charge is 0.350 e. The third-order valence-corrected chi connectivity index (χ3v) is 2.58. The van der Waals surface area contributed by atoms with Gasteiger partial charge in [-0.1, -0.05) is 18.2 Å². The molecule has 0 amide bonds. The lowest BCUT2D eigenvalue weighted by molar-refractivity contribution is -0.422. The van der Waals surface area contributed by atoms with Gasteiger partial charge < -0.3 is 4.57 Å². The molecule has 0 spiro atoms. The van der Waals surface area contributed by atoms with E-state index in [1.807, 2.05) is 42.1 Å². The van der Waals surface area contributed by atoms with Crippen LogP contribution >= 0.6 is 0 Å². The Bertz CT molecular complexity index is 582. The highest BCUT2D eigenvalue weighted by molar-refractivity contribution is 5.89. The van der Waals surface area contributed by atoms with Gasteiger partial charge in [0.1, 0.15) is 0 Å². The van der Waals surface area contributed by atoms with E-state index < -0.39 is 0 Å². The summed E-state index contributed by atoms with van der Waals surface area (Å²) in [5.74, 6) is 0. The van der Waals surface area contributed by atoms with Gasteiger partial charge >= 0.3 is 0 Å². The third-order valence-electron chi connectivity index (χ3n) is 2.58. The molecule has 4 heteroatoms. The average Bonchev–Trinajstić information content (AvgIpc) is 2.57. The molecule has 0 saturated heterocycles. The van der Waals surface area contributed by atoms with Gasteiger partial charge in [0, 0.05) is 42.7 Å². The van der Waals surface area contributed by atoms with Crippen molar-refractivity contribution in [2.45, 2.75) is 6.92 Å². The molecule has 1 aromatic heterocycles. The minimum atomic E-state index is -0.373. The Hall–Kier alpha value is -2.10. The quantitative estimate of drug-likeness (QED) is 0.572. The van der Waals surface area contributed by atoms with E-state index in [1.54, 1.807) is 6.08 Å². The van der Waals surface area contributed by atoms with Crippen LogP contribution in [0, 0.1) is 10.1 Å². The number of allylic oxidation sites excluding steroid dienone is 1. The minimum absolute atomic E-state index is 0.149. The molecule has 16 heavy (non-hydrogen) atoms. The highest BCUT2D eigenvalue weighted by Crippen LogP contribution is 2.22. The number of hydrogen-bond acceptors (Lipinski definition) is 2. The Morgan fingerprint density at radius 2 is 2.12 bits per heavy atom. The molecule has 0 bridgehead atoms. The third kappa shape index (κ3) is 1.69. The molecule has 0 atom stereocenters. The summed E-state index contributed by atoms with van der Waals surface area (Å²) in [7, 11) is 1.93. The standard InChI is InChI=1S/C12H12N2O2/c1-9(14(15)16)7-10-8-13(2)12-6-4-3-5-11(10)12/h3-8H,1-2H3/b9-7+. The lowest BCUT2D eigenvalue weighted by Gasteiger charge is -1.93. The van der Waals surface area contributed by atoms with Crippen LogP contribution in [-0.4, -0.2) is 9.49 Å². The molecular formula is C12H12N2O2. The fraction of sp³-hybridized carbons (Fsp3) is 0.167. The Balaban J connectivity index is 2.62. The molecule has 4 nitrogen and oxygen atoms in total. The van der Waals surface area contributed by atoms with Crippen molar-refractivity contribution in [1.82, 2.24) is 4.57 Å². The molecule has 1 aromatic carbocycles. The predicted octanol–water partition coefficient (Wildman–Crippen LogP) is 2.82. The zero-order valence-corrected chi connectivity index (χ0v) is 9.18. The van der Waals surface area contributed by atoms with E-state index in [1.165, 1.54) is 6.92 Å². The molecule has 2 rings (SSSR count). The van der Waals surface area contributed by atoms with Crippen molar-refractivity contribution < 1.29 is 4.92 Å². The second kappa shape index (κ2) is 3.81. The van der Waals surface area contributed by atoms with Crippen LogP contribution in [0.5, 0.6) is 0 Å². The lowest BCUT2D eigenvalue weighted by Crippen LogP contribution is -1.92. The maximum absolute atomic E-state index is 10.6. The van der Waals surface area contributed by atoms with Crippen LogP contribution in [0.3, 0.4) is 0 Å². The first-order valence-electron chi connectivity index (χ1n) is 4.96. The maximum atomic E-state index is 10.6. The van der Waals surface area contributed by atoms with Gasteiger partial charge in [-0.2, -0.15) is 0 Å². The topological polar surface area (TPSA) is 48.1 Å². The van der Waals surface area contributed by atoms with Gasteiger partial charge in [0.05, 0.1) is 4.92 Å². The zero-order valence-electron chi connectivity index (χ0n) is 9.18. The first-order valence-corrected chi connectivity index (χ1v) is 4.96. The van der Waals surface area contributed by atoms with E-state index in [4.69, 9.17) is 0 Å². The molecule has 0 aliphatic carbocycles. The number of aromatic nitrogens is 1. The summed E-state index contributed by atoms with van der Waals surface area (Å²) in [6.45, 7) is 1.50. The number of hydrogen-bond donors (Lipinski definition) is 0. The molecule has 0 unspecified atom stereocenters. The Morgan fingerprint density at radius 3 is 2.81 bits per heavy atom. The van der Waals surface area contributed by atoms with Crippen LogP contribution in [-0.2, 0) is 7.05 Å². The number of nitro groups is 1. The summed E-state index contributed by atoms with van der Waals surface area (Å²) < 4.78 is 1.97. The number of fused-ring (bicyclic) bond motifs is 1. The SMILES string of the molecule is C/C(=C\c1cn(C)c2ccccc12)[N+](=O)[O-]. The number of para-hydroxylation sites is 1. The summed E-state index contributed by atoms with van der Waals surface area (Å²) in [6.07, 6.45) is 3.50. The van der Waals surface area contributed by atoms with Gasteiger partial charge in [-0.15, -0.1) is 0 Å². The first-order chi connectivity index (χ1) is 7.59. The molecule has 0 saturated carbocycles. The Morgan fingerprint density at radius 1 is 1.44 bits per heavy atom. The average molecular weight is 216 g/mol. The van der Waals surface area contributed by atoms with Crippen molar-refractivity contribution in [3.63, 3.8) is 0 Å². The van der Waals surface area contributed by atoms with Gasteiger partial charge in [0.2, 0.25) is 5.70 Å². The molecule has 0 aliphatic rings. The molecular weight excluding hydrogens is 204 g/mol. The van der Waals surface area contributed by atoms with Crippen LogP contribution in [0.15, 0.2) is 36.2 Å². The van der Waals surface area contributed by atoms with E-state index in [-0.39, 0.29) is 10.6 Å². The molecule has 0 radical (unpaired) electrons. The van der Waals surface area contributed by atoms with E-state index in [9.17, 15) is 10.1 Å².